The molecular formula is C24H30N2O3. The lowest BCUT2D eigenvalue weighted by Gasteiger charge is -2.32. The molecule has 1 aromatic rings. The summed E-state index contributed by atoms with van der Waals surface area (Å²) in [5.41, 5.74) is 0.970. The second kappa shape index (κ2) is 8.13. The highest BCUT2D eigenvalue weighted by molar-refractivity contribution is 6.09. The van der Waals surface area contributed by atoms with Gasteiger partial charge in [-0.15, -0.1) is 0 Å². The molecule has 1 heterocycles. The number of rotatable bonds is 8. The Bertz CT molecular complexity index is 783. The predicted molar refractivity (Wildman–Crippen MR) is 111 cm³/mol. The van der Waals surface area contributed by atoms with Gasteiger partial charge in [-0.05, 0) is 36.7 Å². The second-order valence-corrected chi connectivity index (χ2v) is 8.58. The van der Waals surface area contributed by atoms with Gasteiger partial charge in [0.2, 0.25) is 17.7 Å². The van der Waals surface area contributed by atoms with Gasteiger partial charge in [0, 0.05) is 19.5 Å². The van der Waals surface area contributed by atoms with Crippen LogP contribution in [0, 0.1) is 23.7 Å². The molecule has 1 aliphatic heterocycles. The van der Waals surface area contributed by atoms with Crippen LogP contribution in [0.2, 0.25) is 0 Å². The second-order valence-electron chi connectivity index (χ2n) is 8.58. The topological polar surface area (TPSA) is 57.7 Å². The van der Waals surface area contributed by atoms with Crippen molar-refractivity contribution >= 4 is 17.7 Å². The molecule has 5 heteroatoms. The van der Waals surface area contributed by atoms with Crippen molar-refractivity contribution in [2.45, 2.75) is 45.6 Å². The summed E-state index contributed by atoms with van der Waals surface area (Å²) in [7, 11) is 0. The van der Waals surface area contributed by atoms with E-state index in [1.54, 1.807) is 0 Å². The van der Waals surface area contributed by atoms with E-state index >= 15 is 0 Å². The van der Waals surface area contributed by atoms with E-state index in [2.05, 4.69) is 12.2 Å². The number of fused-ring (bicyclic) bond motifs is 5. The maximum Gasteiger partial charge on any atom is 0.246 e. The number of nitrogens with zero attached hydrogens (tertiary/aromatic N) is 2. The monoisotopic (exact) mass is 394 g/mol. The number of imide groups is 1. The van der Waals surface area contributed by atoms with Gasteiger partial charge in [0.05, 0.1) is 11.8 Å². The van der Waals surface area contributed by atoms with Crippen LogP contribution in [0.25, 0.3) is 0 Å². The molecule has 0 radical (unpaired) electrons. The molecule has 2 aliphatic carbocycles. The van der Waals surface area contributed by atoms with Crippen molar-refractivity contribution in [3.05, 3.63) is 48.0 Å². The highest BCUT2D eigenvalue weighted by atomic mass is 16.2. The molecular weight excluding hydrogens is 364 g/mol. The number of carbonyl (C=O) groups excluding carboxylic acids is 3. The summed E-state index contributed by atoms with van der Waals surface area (Å²) in [4.78, 5) is 43.5. The molecule has 0 spiro atoms. The smallest absolute Gasteiger partial charge is 0.246 e. The van der Waals surface area contributed by atoms with Gasteiger partial charge in [0.1, 0.15) is 6.04 Å². The summed E-state index contributed by atoms with van der Waals surface area (Å²) in [5.74, 6) is -0.607. The van der Waals surface area contributed by atoms with Crippen LogP contribution >= 0.6 is 0 Å². The summed E-state index contributed by atoms with van der Waals surface area (Å²) in [6.07, 6.45) is 7.17. The first-order chi connectivity index (χ1) is 14.1. The van der Waals surface area contributed by atoms with E-state index in [-0.39, 0.29) is 41.4 Å². The first-order valence-electron chi connectivity index (χ1n) is 10.9. The summed E-state index contributed by atoms with van der Waals surface area (Å²) < 4.78 is 0. The van der Waals surface area contributed by atoms with Gasteiger partial charge < -0.3 is 4.90 Å². The molecule has 4 rings (SSSR count). The summed E-state index contributed by atoms with van der Waals surface area (Å²) in [5, 5.41) is 0. The number of benzene rings is 1. The van der Waals surface area contributed by atoms with Crippen LogP contribution in [0.5, 0.6) is 0 Å². The van der Waals surface area contributed by atoms with Crippen LogP contribution in [0.1, 0.15) is 38.7 Å². The van der Waals surface area contributed by atoms with Crippen LogP contribution < -0.4 is 0 Å². The number of amides is 3. The Morgan fingerprint density at radius 2 is 1.55 bits per heavy atom. The highest BCUT2D eigenvalue weighted by Crippen LogP contribution is 2.53. The Morgan fingerprint density at radius 1 is 1.00 bits per heavy atom. The Morgan fingerprint density at radius 3 is 2.07 bits per heavy atom. The largest absolute Gasteiger partial charge is 0.341 e. The van der Waals surface area contributed by atoms with Crippen LogP contribution in [0.15, 0.2) is 42.5 Å². The standard InChI is InChI=1S/C24H30N2O3/c1-3-12-25(13-4-2)22(27)19(14-16-8-6-5-7-9-16)26-23(28)20-17-10-11-18(15-17)21(20)24(26)29/h5-11,17-21H,3-4,12-15H2,1-2H3/t17-,18-,19+,20-,21+/m0/s1. The number of carbonyl (C=O) groups is 3. The third kappa shape index (κ3) is 3.41. The SMILES string of the molecule is CCCN(CCC)C(=O)[C@@H](Cc1ccccc1)N1C(=O)[C@@H]2[C@H](C1=O)[C@H]1C=C[C@H]2C1. The zero-order valence-electron chi connectivity index (χ0n) is 17.3. The fraction of sp³-hybridized carbons (Fsp3) is 0.542. The normalized spacial score (nSPS) is 28.1. The molecule has 0 N–H and O–H groups in total. The first kappa shape index (κ1) is 19.9. The summed E-state index contributed by atoms with van der Waals surface area (Å²) in [6.45, 7) is 5.38. The van der Waals surface area contributed by atoms with Crippen LogP contribution in [0.3, 0.4) is 0 Å². The third-order valence-corrected chi connectivity index (χ3v) is 6.67. The van der Waals surface area contributed by atoms with Crippen molar-refractivity contribution in [3.8, 4) is 0 Å². The van der Waals surface area contributed by atoms with E-state index in [9.17, 15) is 14.4 Å². The van der Waals surface area contributed by atoms with Crippen molar-refractivity contribution in [2.75, 3.05) is 13.1 Å². The predicted octanol–water partition coefficient (Wildman–Crippen LogP) is 3.05. The fourth-order valence-electron chi connectivity index (χ4n) is 5.44. The van der Waals surface area contributed by atoms with E-state index in [1.807, 2.05) is 49.1 Å². The number of allylic oxidation sites excluding steroid dienone is 2. The maximum absolute atomic E-state index is 13.6. The van der Waals surface area contributed by atoms with Crippen molar-refractivity contribution in [1.82, 2.24) is 9.80 Å². The minimum atomic E-state index is -0.750. The molecule has 2 bridgehead atoms. The van der Waals surface area contributed by atoms with Gasteiger partial charge in [0.15, 0.2) is 0 Å². The molecule has 0 unspecified atom stereocenters. The first-order valence-corrected chi connectivity index (χ1v) is 10.9. The average Bonchev–Trinajstić information content (AvgIpc) is 3.41. The lowest BCUT2D eigenvalue weighted by Crippen LogP contribution is -2.53. The third-order valence-electron chi connectivity index (χ3n) is 6.67. The molecule has 1 aromatic carbocycles. The molecule has 3 amide bonds. The van der Waals surface area contributed by atoms with Gasteiger partial charge in [-0.2, -0.15) is 0 Å². The van der Waals surface area contributed by atoms with Crippen LogP contribution in [0.4, 0.5) is 0 Å². The van der Waals surface area contributed by atoms with Crippen molar-refractivity contribution < 1.29 is 14.4 Å². The number of likely N-dealkylation sites (tertiary alicyclic amines) is 1. The molecule has 5 nitrogen and oxygen atoms in total. The molecule has 5 atom stereocenters. The van der Waals surface area contributed by atoms with Gasteiger partial charge in [-0.1, -0.05) is 56.3 Å². The van der Waals surface area contributed by atoms with Gasteiger partial charge in [0.25, 0.3) is 0 Å². The van der Waals surface area contributed by atoms with E-state index in [1.165, 1.54) is 4.90 Å². The molecule has 2 fully saturated rings. The maximum atomic E-state index is 13.6. The fourth-order valence-corrected chi connectivity index (χ4v) is 5.44. The minimum absolute atomic E-state index is 0.0977. The number of hydrogen-bond donors (Lipinski definition) is 0. The minimum Gasteiger partial charge on any atom is -0.341 e. The molecule has 3 aliphatic rings. The quantitative estimate of drug-likeness (QED) is 0.503. The van der Waals surface area contributed by atoms with Crippen LogP contribution in [-0.4, -0.2) is 46.7 Å². The van der Waals surface area contributed by atoms with E-state index < -0.39 is 6.04 Å². The van der Waals surface area contributed by atoms with Gasteiger partial charge in [-0.25, -0.2) is 0 Å². The molecule has 1 saturated carbocycles. The van der Waals surface area contributed by atoms with Gasteiger partial charge >= 0.3 is 0 Å². The number of hydrogen-bond acceptors (Lipinski definition) is 3. The summed E-state index contributed by atoms with van der Waals surface area (Å²) >= 11 is 0. The Hall–Kier alpha value is -2.43. The molecule has 0 aromatic heterocycles. The van der Waals surface area contributed by atoms with Crippen molar-refractivity contribution in [1.29, 1.82) is 0 Å². The Balaban J connectivity index is 1.66. The lowest BCUT2D eigenvalue weighted by atomic mass is 9.85. The highest BCUT2D eigenvalue weighted by Gasteiger charge is 2.61. The summed E-state index contributed by atoms with van der Waals surface area (Å²) in [6, 6.07) is 8.96. The van der Waals surface area contributed by atoms with Crippen molar-refractivity contribution in [2.24, 2.45) is 23.7 Å². The van der Waals surface area contributed by atoms with Gasteiger partial charge in [-0.3, -0.25) is 19.3 Å². The Labute approximate surface area is 172 Å². The zero-order chi connectivity index (χ0) is 20.5. The molecule has 29 heavy (non-hydrogen) atoms. The van der Waals surface area contributed by atoms with Crippen molar-refractivity contribution in [3.63, 3.8) is 0 Å². The average molecular weight is 395 g/mol. The van der Waals surface area contributed by atoms with E-state index in [4.69, 9.17) is 0 Å². The molecule has 154 valence electrons. The lowest BCUT2D eigenvalue weighted by molar-refractivity contribution is -0.152. The zero-order valence-corrected chi connectivity index (χ0v) is 17.3. The van der Waals surface area contributed by atoms with E-state index in [0.717, 1.165) is 24.8 Å². The van der Waals surface area contributed by atoms with E-state index in [0.29, 0.717) is 19.5 Å². The molecule has 1 saturated heterocycles. The Kier molecular flexibility index (Phi) is 5.57. The van der Waals surface area contributed by atoms with Crippen LogP contribution in [-0.2, 0) is 20.8 Å².